The summed E-state index contributed by atoms with van der Waals surface area (Å²) < 4.78 is 27.5. The third-order valence-electron chi connectivity index (χ3n) is 8.74. The molecule has 8 nitrogen and oxygen atoms in total. The van der Waals surface area contributed by atoms with Crippen LogP contribution in [0.25, 0.3) is 10.9 Å². The second-order valence-corrected chi connectivity index (χ2v) is 11.8. The molecule has 1 spiro atoms. The summed E-state index contributed by atoms with van der Waals surface area (Å²) in [5, 5.41) is 4.18. The van der Waals surface area contributed by atoms with Crippen molar-refractivity contribution in [2.24, 2.45) is 5.41 Å². The smallest absolute Gasteiger partial charge is 0.263 e. The molecule has 3 saturated heterocycles. The molecule has 0 amide bonds. The topological polar surface area (TPSA) is 73.3 Å². The Labute approximate surface area is 221 Å². The van der Waals surface area contributed by atoms with E-state index in [1.165, 1.54) is 24.5 Å². The van der Waals surface area contributed by atoms with Crippen LogP contribution < -0.4 is 15.1 Å². The molecule has 200 valence electrons. The minimum Gasteiger partial charge on any atom is -0.369 e. The van der Waals surface area contributed by atoms with E-state index in [2.05, 4.69) is 42.0 Å². The van der Waals surface area contributed by atoms with E-state index in [1.54, 1.807) is 12.3 Å². The normalized spacial score (nSPS) is 22.0. The van der Waals surface area contributed by atoms with Crippen molar-refractivity contribution in [2.45, 2.75) is 50.5 Å². The molecule has 2 aromatic heterocycles. The highest BCUT2D eigenvalue weighted by molar-refractivity contribution is 5.92. The van der Waals surface area contributed by atoms with E-state index < -0.39 is 6.43 Å². The molecule has 0 radical (unpaired) electrons. The van der Waals surface area contributed by atoms with Gasteiger partial charge < -0.3 is 20.0 Å². The number of piperidine rings is 1. The lowest BCUT2D eigenvalue weighted by atomic mass is 9.79. The number of nitrogens with zero attached hydrogens (tertiary/aromatic N) is 7. The number of hydrogen-bond acceptors (Lipinski definition) is 8. The van der Waals surface area contributed by atoms with E-state index in [0.29, 0.717) is 17.3 Å². The molecule has 0 bridgehead atoms. The lowest BCUT2D eigenvalue weighted by Crippen LogP contribution is -2.55. The maximum atomic E-state index is 13.8. The summed E-state index contributed by atoms with van der Waals surface area (Å²) in [6.45, 7) is 5.60. The Hall–Kier alpha value is -3.14. The van der Waals surface area contributed by atoms with Gasteiger partial charge in [-0.3, -0.25) is 0 Å². The van der Waals surface area contributed by atoms with Crippen molar-refractivity contribution >= 4 is 28.5 Å². The van der Waals surface area contributed by atoms with Gasteiger partial charge in [0.2, 0.25) is 11.9 Å². The van der Waals surface area contributed by atoms with Gasteiger partial charge in [0, 0.05) is 80.3 Å². The number of fused-ring (bicyclic) bond motifs is 1. The van der Waals surface area contributed by atoms with Gasteiger partial charge in [-0.1, -0.05) is 0 Å². The molecule has 1 N–H and O–H groups in total. The predicted molar refractivity (Wildman–Crippen MR) is 144 cm³/mol. The summed E-state index contributed by atoms with van der Waals surface area (Å²) in [4.78, 5) is 25.4. The van der Waals surface area contributed by atoms with Crippen LogP contribution in [0.2, 0.25) is 0 Å². The number of aromatic nitrogens is 4. The molecule has 3 aromatic rings. The van der Waals surface area contributed by atoms with E-state index in [9.17, 15) is 8.78 Å². The van der Waals surface area contributed by atoms with Gasteiger partial charge in [-0.15, -0.1) is 0 Å². The van der Waals surface area contributed by atoms with Crippen LogP contribution in [0.5, 0.6) is 0 Å². The highest BCUT2D eigenvalue weighted by atomic mass is 19.3. The first kappa shape index (κ1) is 23.9. The van der Waals surface area contributed by atoms with Crippen molar-refractivity contribution in [2.75, 3.05) is 61.4 Å². The van der Waals surface area contributed by atoms with Gasteiger partial charge in [0.15, 0.2) is 0 Å². The van der Waals surface area contributed by atoms with Crippen LogP contribution in [0, 0.1) is 5.41 Å². The zero-order valence-corrected chi connectivity index (χ0v) is 21.8. The quantitative estimate of drug-likeness (QED) is 0.511. The number of nitrogens with one attached hydrogen (secondary N) is 1. The largest absolute Gasteiger partial charge is 0.369 e. The van der Waals surface area contributed by atoms with Crippen molar-refractivity contribution in [3.8, 4) is 0 Å². The number of rotatable bonds is 6. The number of anilines is 3. The van der Waals surface area contributed by atoms with Crippen LogP contribution in [-0.4, -0.2) is 77.2 Å². The molecular weight excluding hydrogens is 486 g/mol. The third-order valence-corrected chi connectivity index (χ3v) is 8.74. The minimum absolute atomic E-state index is 0.0308. The van der Waals surface area contributed by atoms with Gasteiger partial charge in [0.1, 0.15) is 0 Å². The molecule has 38 heavy (non-hydrogen) atoms. The van der Waals surface area contributed by atoms with Crippen molar-refractivity contribution in [1.82, 2.24) is 24.8 Å². The number of halogens is 2. The monoisotopic (exact) mass is 520 g/mol. The highest BCUT2D eigenvalue weighted by Gasteiger charge is 2.46. The molecule has 5 heterocycles. The molecule has 1 aromatic carbocycles. The van der Waals surface area contributed by atoms with Gasteiger partial charge >= 0.3 is 0 Å². The lowest BCUT2D eigenvalue weighted by molar-refractivity contribution is 0.0424. The van der Waals surface area contributed by atoms with E-state index >= 15 is 0 Å². The Morgan fingerprint density at radius 3 is 2.37 bits per heavy atom. The Morgan fingerprint density at radius 2 is 1.68 bits per heavy atom. The van der Waals surface area contributed by atoms with Gasteiger partial charge in [-0.2, -0.15) is 0 Å². The fourth-order valence-corrected chi connectivity index (χ4v) is 6.61. The van der Waals surface area contributed by atoms with E-state index in [1.807, 2.05) is 12.4 Å². The number of benzene rings is 1. The maximum absolute atomic E-state index is 13.8. The van der Waals surface area contributed by atoms with Crippen molar-refractivity contribution in [3.63, 3.8) is 0 Å². The third kappa shape index (κ3) is 4.52. The summed E-state index contributed by atoms with van der Waals surface area (Å²) in [7, 11) is 2.13. The molecule has 0 atom stereocenters. The molecule has 7 rings (SSSR count). The maximum Gasteiger partial charge on any atom is 0.263 e. The zero-order chi connectivity index (χ0) is 25.9. The standard InChI is InChI=1S/C28H34F2N8/c1-36-15-28(16-36)6-9-38(17-28)23-11-19(25(29)30)10-20-12-31-26(35-24(20)23)34-22-4-7-37(8-5-22)27-32-13-21(14-33-27)18-2-3-18/h10-14,18,22,25H,2-9,15-17H2,1H3,(H,31,34,35). The van der Waals surface area contributed by atoms with Crippen LogP contribution in [0.4, 0.5) is 26.4 Å². The zero-order valence-electron chi connectivity index (χ0n) is 21.8. The SMILES string of the molecule is CN1CC2(CCN(c3cc(C(F)F)cc4cnc(NC5CCN(c6ncc(C7CC7)cn6)CC5)nc34)C2)C1. The molecule has 4 fully saturated rings. The molecule has 1 aliphatic carbocycles. The second kappa shape index (κ2) is 9.25. The van der Waals surface area contributed by atoms with Crippen molar-refractivity contribution in [3.05, 3.63) is 41.9 Å². The van der Waals surface area contributed by atoms with Crippen molar-refractivity contribution < 1.29 is 8.78 Å². The molecule has 1 saturated carbocycles. The average molecular weight is 521 g/mol. The van der Waals surface area contributed by atoms with E-state index in [0.717, 1.165) is 75.7 Å². The van der Waals surface area contributed by atoms with Gasteiger partial charge in [-0.05, 0) is 62.8 Å². The summed E-state index contributed by atoms with van der Waals surface area (Å²) >= 11 is 0. The Morgan fingerprint density at radius 1 is 0.921 bits per heavy atom. The van der Waals surface area contributed by atoms with E-state index in [4.69, 9.17) is 4.98 Å². The number of likely N-dealkylation sites (tertiary alicyclic amines) is 1. The first-order chi connectivity index (χ1) is 18.4. The summed E-state index contributed by atoms with van der Waals surface area (Å²) in [5.41, 5.74) is 3.10. The Kier molecular flexibility index (Phi) is 5.83. The fourth-order valence-electron chi connectivity index (χ4n) is 6.61. The Balaban J connectivity index is 1.07. The first-order valence-electron chi connectivity index (χ1n) is 13.8. The minimum atomic E-state index is -2.53. The molecule has 3 aliphatic heterocycles. The highest BCUT2D eigenvalue weighted by Crippen LogP contribution is 2.43. The molecule has 4 aliphatic rings. The summed E-state index contributed by atoms with van der Waals surface area (Å²) in [6, 6.07) is 3.40. The van der Waals surface area contributed by atoms with Crippen LogP contribution in [0.3, 0.4) is 0 Å². The number of hydrogen-bond donors (Lipinski definition) is 1. The summed E-state index contributed by atoms with van der Waals surface area (Å²) in [5.74, 6) is 2.02. The predicted octanol–water partition coefficient (Wildman–Crippen LogP) is 4.46. The van der Waals surface area contributed by atoms with E-state index in [-0.39, 0.29) is 17.0 Å². The second-order valence-electron chi connectivity index (χ2n) is 11.8. The van der Waals surface area contributed by atoms with Crippen LogP contribution in [0.15, 0.2) is 30.7 Å². The molecule has 0 unspecified atom stereocenters. The van der Waals surface area contributed by atoms with Crippen LogP contribution in [-0.2, 0) is 0 Å². The van der Waals surface area contributed by atoms with Gasteiger partial charge in [0.25, 0.3) is 6.43 Å². The van der Waals surface area contributed by atoms with Crippen LogP contribution >= 0.6 is 0 Å². The van der Waals surface area contributed by atoms with Gasteiger partial charge in [-0.25, -0.2) is 28.7 Å². The van der Waals surface area contributed by atoms with Crippen molar-refractivity contribution in [1.29, 1.82) is 0 Å². The molecule has 10 heteroatoms. The summed E-state index contributed by atoms with van der Waals surface area (Å²) in [6.07, 6.45) is 8.56. The van der Waals surface area contributed by atoms with Crippen LogP contribution in [0.1, 0.15) is 55.6 Å². The average Bonchev–Trinajstić information content (AvgIpc) is 3.68. The lowest BCUT2D eigenvalue weighted by Gasteiger charge is -2.46. The fraction of sp³-hybridized carbons (Fsp3) is 0.571. The first-order valence-corrected chi connectivity index (χ1v) is 13.8. The molecular formula is C28H34F2N8. The number of alkyl halides is 2. The Bertz CT molecular complexity index is 1310. The van der Waals surface area contributed by atoms with Gasteiger partial charge in [0.05, 0.1) is 11.2 Å².